The number of carbonyl (C=O) groups excluding carboxylic acids is 2. The second-order valence-corrected chi connectivity index (χ2v) is 7.21. The Morgan fingerprint density at radius 1 is 1.23 bits per heavy atom. The van der Waals surface area contributed by atoms with E-state index in [9.17, 15) is 9.59 Å². The third kappa shape index (κ3) is 5.16. The average Bonchev–Trinajstić information content (AvgIpc) is 2.38. The van der Waals surface area contributed by atoms with Crippen molar-refractivity contribution in [2.45, 2.75) is 71.7 Å². The Kier molecular flexibility index (Phi) is 6.23. The van der Waals surface area contributed by atoms with Crippen LogP contribution in [0.1, 0.15) is 48.0 Å². The van der Waals surface area contributed by atoms with Crippen LogP contribution in [-0.4, -0.2) is 65.7 Å². The van der Waals surface area contributed by atoms with Gasteiger partial charge in [0, 0.05) is 25.2 Å². The summed E-state index contributed by atoms with van der Waals surface area (Å²) in [7, 11) is 2.08. The molecule has 0 radical (unpaired) electrons. The zero-order valence-electron chi connectivity index (χ0n) is 15.0. The second kappa shape index (κ2) is 7.31. The molecule has 0 aliphatic carbocycles. The molecule has 0 spiro atoms. The van der Waals surface area contributed by atoms with E-state index >= 15 is 0 Å². The molecule has 6 heteroatoms. The van der Waals surface area contributed by atoms with Gasteiger partial charge in [-0.3, -0.25) is 9.69 Å². The van der Waals surface area contributed by atoms with Crippen LogP contribution in [0.4, 0.5) is 4.79 Å². The first-order chi connectivity index (χ1) is 10.0. The summed E-state index contributed by atoms with van der Waals surface area (Å²) >= 11 is 0. The topological polar surface area (TPSA) is 61.9 Å². The van der Waals surface area contributed by atoms with Crippen LogP contribution in [0.2, 0.25) is 0 Å². The fraction of sp³-hybridized carbons (Fsp3) is 0.875. The van der Waals surface area contributed by atoms with Gasteiger partial charge in [0.2, 0.25) is 5.91 Å². The van der Waals surface area contributed by atoms with Gasteiger partial charge >= 0.3 is 6.09 Å². The summed E-state index contributed by atoms with van der Waals surface area (Å²) in [6.45, 7) is 12.9. The molecule has 1 rings (SSSR count). The molecule has 22 heavy (non-hydrogen) atoms. The smallest absolute Gasteiger partial charge is 0.408 e. The number of hydrogen-bond acceptors (Lipinski definition) is 4. The molecule has 2 amide bonds. The second-order valence-electron chi connectivity index (χ2n) is 7.21. The van der Waals surface area contributed by atoms with E-state index in [1.807, 2.05) is 11.8 Å². The van der Waals surface area contributed by atoms with Crippen LogP contribution in [0, 0.1) is 0 Å². The number of piperazine rings is 1. The summed E-state index contributed by atoms with van der Waals surface area (Å²) < 4.78 is 5.24. The molecule has 1 fully saturated rings. The number of amides is 2. The average molecular weight is 313 g/mol. The van der Waals surface area contributed by atoms with E-state index in [4.69, 9.17) is 4.74 Å². The van der Waals surface area contributed by atoms with E-state index in [1.54, 1.807) is 20.8 Å². The fourth-order valence-electron chi connectivity index (χ4n) is 2.59. The van der Waals surface area contributed by atoms with Crippen LogP contribution in [0.5, 0.6) is 0 Å². The maximum Gasteiger partial charge on any atom is 0.408 e. The highest BCUT2D eigenvalue weighted by Crippen LogP contribution is 2.15. The fourth-order valence-corrected chi connectivity index (χ4v) is 2.59. The minimum absolute atomic E-state index is 0.0276. The SMILES string of the molecule is CCC(NC(=O)OC(C)(C)C)C(=O)N1CC(C)N(C)C(C)C1. The van der Waals surface area contributed by atoms with Crippen molar-refractivity contribution >= 4 is 12.0 Å². The zero-order chi connectivity index (χ0) is 17.1. The Hall–Kier alpha value is -1.30. The molecule has 0 aromatic rings. The summed E-state index contributed by atoms with van der Waals surface area (Å²) in [6, 6.07) is 0.0936. The van der Waals surface area contributed by atoms with Gasteiger partial charge in [0.1, 0.15) is 11.6 Å². The third-order valence-corrected chi connectivity index (χ3v) is 4.07. The molecule has 1 saturated heterocycles. The Morgan fingerprint density at radius 2 is 1.73 bits per heavy atom. The van der Waals surface area contributed by atoms with E-state index in [0.29, 0.717) is 31.6 Å². The summed E-state index contributed by atoms with van der Waals surface area (Å²) in [5.41, 5.74) is -0.567. The molecule has 0 aromatic heterocycles. The number of alkyl carbamates (subject to hydrolysis) is 1. The molecule has 0 saturated carbocycles. The van der Waals surface area contributed by atoms with Gasteiger partial charge in [-0.25, -0.2) is 4.79 Å². The lowest BCUT2D eigenvalue weighted by molar-refractivity contribution is -0.137. The van der Waals surface area contributed by atoms with Gasteiger partial charge < -0.3 is 15.0 Å². The molecule has 6 nitrogen and oxygen atoms in total. The molecule has 1 aliphatic heterocycles. The quantitative estimate of drug-likeness (QED) is 0.863. The highest BCUT2D eigenvalue weighted by molar-refractivity contribution is 5.85. The van der Waals surface area contributed by atoms with Gasteiger partial charge in [0.15, 0.2) is 0 Å². The molecule has 128 valence electrons. The monoisotopic (exact) mass is 313 g/mol. The molecule has 1 aliphatic rings. The Labute approximate surface area is 134 Å². The van der Waals surface area contributed by atoms with Crippen molar-refractivity contribution in [1.29, 1.82) is 0 Å². The maximum absolute atomic E-state index is 12.7. The summed E-state index contributed by atoms with van der Waals surface area (Å²) in [5.74, 6) is -0.0276. The minimum Gasteiger partial charge on any atom is -0.444 e. The number of hydrogen-bond donors (Lipinski definition) is 1. The Morgan fingerprint density at radius 3 is 2.14 bits per heavy atom. The Bertz CT molecular complexity index is 394. The molecule has 0 bridgehead atoms. The third-order valence-electron chi connectivity index (χ3n) is 4.07. The molecule has 0 aromatic carbocycles. The van der Waals surface area contributed by atoms with E-state index in [1.165, 1.54) is 0 Å². The molecule has 1 N–H and O–H groups in total. The Balaban J connectivity index is 2.66. The largest absolute Gasteiger partial charge is 0.444 e. The van der Waals surface area contributed by atoms with Gasteiger partial charge in [0.25, 0.3) is 0 Å². The number of carbonyl (C=O) groups is 2. The summed E-state index contributed by atoms with van der Waals surface area (Å²) in [5, 5.41) is 2.70. The highest BCUT2D eigenvalue weighted by Gasteiger charge is 2.33. The number of nitrogens with zero attached hydrogens (tertiary/aromatic N) is 2. The van der Waals surface area contributed by atoms with Crippen LogP contribution in [0.3, 0.4) is 0 Å². The van der Waals surface area contributed by atoms with Gasteiger partial charge in [0.05, 0.1) is 0 Å². The van der Waals surface area contributed by atoms with E-state index in [-0.39, 0.29) is 5.91 Å². The van der Waals surface area contributed by atoms with Crippen molar-refractivity contribution in [3.8, 4) is 0 Å². The number of rotatable bonds is 3. The lowest BCUT2D eigenvalue weighted by Crippen LogP contribution is -2.60. The predicted molar refractivity (Wildman–Crippen MR) is 86.7 cm³/mol. The summed E-state index contributed by atoms with van der Waals surface area (Å²) in [4.78, 5) is 28.7. The molecule has 3 unspecified atom stereocenters. The maximum atomic E-state index is 12.7. The van der Waals surface area contributed by atoms with Crippen LogP contribution in [-0.2, 0) is 9.53 Å². The standard InChI is InChI=1S/C16H31N3O3/c1-8-13(17-15(21)22-16(4,5)6)14(20)19-9-11(2)18(7)12(3)10-19/h11-13H,8-10H2,1-7H3,(H,17,21). The van der Waals surface area contributed by atoms with Crippen LogP contribution in [0.25, 0.3) is 0 Å². The molecule has 1 heterocycles. The van der Waals surface area contributed by atoms with Crippen LogP contribution in [0.15, 0.2) is 0 Å². The van der Waals surface area contributed by atoms with Crippen molar-refractivity contribution < 1.29 is 14.3 Å². The minimum atomic E-state index is -0.567. The molecule has 3 atom stereocenters. The first-order valence-corrected chi connectivity index (χ1v) is 8.05. The predicted octanol–water partition coefficient (Wildman–Crippen LogP) is 1.84. The van der Waals surface area contributed by atoms with Crippen LogP contribution >= 0.6 is 0 Å². The van der Waals surface area contributed by atoms with Crippen molar-refractivity contribution in [3.63, 3.8) is 0 Å². The molecular formula is C16H31N3O3. The first kappa shape index (κ1) is 18.7. The summed E-state index contributed by atoms with van der Waals surface area (Å²) in [6.07, 6.45) is 0.00983. The molecular weight excluding hydrogens is 282 g/mol. The van der Waals surface area contributed by atoms with Gasteiger partial charge in [-0.2, -0.15) is 0 Å². The first-order valence-electron chi connectivity index (χ1n) is 8.05. The zero-order valence-corrected chi connectivity index (χ0v) is 15.0. The van der Waals surface area contributed by atoms with Crippen LogP contribution < -0.4 is 5.32 Å². The lowest BCUT2D eigenvalue weighted by atomic mass is 10.1. The van der Waals surface area contributed by atoms with Gasteiger partial charge in [-0.1, -0.05) is 6.92 Å². The normalized spacial score (nSPS) is 24.8. The van der Waals surface area contributed by atoms with E-state index in [2.05, 4.69) is 31.1 Å². The van der Waals surface area contributed by atoms with E-state index < -0.39 is 17.7 Å². The number of ether oxygens (including phenoxy) is 1. The van der Waals surface area contributed by atoms with Gasteiger partial charge in [-0.05, 0) is 48.1 Å². The van der Waals surface area contributed by atoms with E-state index in [0.717, 1.165) is 0 Å². The van der Waals surface area contributed by atoms with Crippen molar-refractivity contribution in [2.75, 3.05) is 20.1 Å². The number of nitrogens with one attached hydrogen (secondary N) is 1. The van der Waals surface area contributed by atoms with Gasteiger partial charge in [-0.15, -0.1) is 0 Å². The van der Waals surface area contributed by atoms with Crippen molar-refractivity contribution in [2.24, 2.45) is 0 Å². The lowest BCUT2D eigenvalue weighted by Gasteiger charge is -2.43. The van der Waals surface area contributed by atoms with Crippen molar-refractivity contribution in [1.82, 2.24) is 15.1 Å². The van der Waals surface area contributed by atoms with Crippen molar-refractivity contribution in [3.05, 3.63) is 0 Å². The highest BCUT2D eigenvalue weighted by atomic mass is 16.6. The number of likely N-dealkylation sites (N-methyl/N-ethyl adjacent to an activating group) is 1.